The Balaban J connectivity index is 2.64. The largest absolute Gasteiger partial charge is 0.313 e. The van der Waals surface area contributed by atoms with Gasteiger partial charge in [0.05, 0.1) is 5.69 Å². The SMILES string of the molecule is CCCNCc1c(C)nn(C)c1C. The fourth-order valence-corrected chi connectivity index (χ4v) is 1.46. The van der Waals surface area contributed by atoms with Crippen LogP contribution in [0, 0.1) is 13.8 Å². The van der Waals surface area contributed by atoms with E-state index in [9.17, 15) is 0 Å². The normalized spacial score (nSPS) is 10.8. The van der Waals surface area contributed by atoms with Crippen molar-refractivity contribution in [3.8, 4) is 0 Å². The highest BCUT2D eigenvalue weighted by molar-refractivity contribution is 5.23. The summed E-state index contributed by atoms with van der Waals surface area (Å²) >= 11 is 0. The number of nitrogens with one attached hydrogen (secondary N) is 1. The number of hydrogen-bond acceptors (Lipinski definition) is 2. The minimum Gasteiger partial charge on any atom is -0.313 e. The van der Waals surface area contributed by atoms with E-state index >= 15 is 0 Å². The zero-order valence-corrected chi connectivity index (χ0v) is 9.02. The monoisotopic (exact) mass is 181 g/mol. The van der Waals surface area contributed by atoms with Gasteiger partial charge in [0.15, 0.2) is 0 Å². The minimum atomic E-state index is 0.944. The number of aromatic nitrogens is 2. The van der Waals surface area contributed by atoms with E-state index in [4.69, 9.17) is 0 Å². The van der Waals surface area contributed by atoms with Gasteiger partial charge in [0.2, 0.25) is 0 Å². The van der Waals surface area contributed by atoms with Gasteiger partial charge in [-0.05, 0) is 26.8 Å². The molecule has 0 aromatic carbocycles. The summed E-state index contributed by atoms with van der Waals surface area (Å²) in [6, 6.07) is 0. The van der Waals surface area contributed by atoms with Gasteiger partial charge >= 0.3 is 0 Å². The molecule has 0 saturated carbocycles. The molecule has 1 aromatic heterocycles. The lowest BCUT2D eigenvalue weighted by Crippen LogP contribution is -2.14. The lowest BCUT2D eigenvalue weighted by molar-refractivity contribution is 0.669. The van der Waals surface area contributed by atoms with Crippen molar-refractivity contribution in [3.63, 3.8) is 0 Å². The van der Waals surface area contributed by atoms with Crippen LogP contribution in [0.2, 0.25) is 0 Å². The van der Waals surface area contributed by atoms with Crippen molar-refractivity contribution in [3.05, 3.63) is 17.0 Å². The maximum absolute atomic E-state index is 4.37. The van der Waals surface area contributed by atoms with E-state index in [1.54, 1.807) is 0 Å². The van der Waals surface area contributed by atoms with E-state index in [0.717, 1.165) is 18.8 Å². The molecule has 0 saturated heterocycles. The van der Waals surface area contributed by atoms with Gasteiger partial charge in [-0.2, -0.15) is 5.10 Å². The number of aryl methyl sites for hydroxylation is 2. The molecule has 0 aliphatic heterocycles. The summed E-state index contributed by atoms with van der Waals surface area (Å²) in [7, 11) is 1.99. The summed E-state index contributed by atoms with van der Waals surface area (Å²) in [5.74, 6) is 0. The summed E-state index contributed by atoms with van der Waals surface area (Å²) < 4.78 is 1.94. The Morgan fingerprint density at radius 2 is 2.08 bits per heavy atom. The van der Waals surface area contributed by atoms with E-state index in [2.05, 4.69) is 31.2 Å². The molecule has 3 heteroatoms. The Hall–Kier alpha value is -0.830. The van der Waals surface area contributed by atoms with E-state index in [1.807, 2.05) is 11.7 Å². The molecule has 0 unspecified atom stereocenters. The quantitative estimate of drug-likeness (QED) is 0.714. The molecule has 1 N–H and O–H groups in total. The summed E-state index contributed by atoms with van der Waals surface area (Å²) in [4.78, 5) is 0. The molecule has 3 nitrogen and oxygen atoms in total. The van der Waals surface area contributed by atoms with Crippen LogP contribution in [-0.2, 0) is 13.6 Å². The van der Waals surface area contributed by atoms with E-state index in [0.29, 0.717) is 0 Å². The Labute approximate surface area is 80.1 Å². The molecule has 0 radical (unpaired) electrons. The maximum Gasteiger partial charge on any atom is 0.0641 e. The van der Waals surface area contributed by atoms with Gasteiger partial charge in [-0.25, -0.2) is 0 Å². The van der Waals surface area contributed by atoms with Crippen molar-refractivity contribution in [1.82, 2.24) is 15.1 Å². The molecule has 1 rings (SSSR count). The van der Waals surface area contributed by atoms with Crippen molar-refractivity contribution < 1.29 is 0 Å². The van der Waals surface area contributed by atoms with Crippen LogP contribution in [0.3, 0.4) is 0 Å². The zero-order chi connectivity index (χ0) is 9.84. The second-order valence-corrected chi connectivity index (χ2v) is 3.45. The fourth-order valence-electron chi connectivity index (χ4n) is 1.46. The molecule has 13 heavy (non-hydrogen) atoms. The molecule has 1 aromatic rings. The van der Waals surface area contributed by atoms with Gasteiger partial charge < -0.3 is 5.32 Å². The lowest BCUT2D eigenvalue weighted by atomic mass is 10.2. The summed E-state index contributed by atoms with van der Waals surface area (Å²) in [5, 5.41) is 7.76. The summed E-state index contributed by atoms with van der Waals surface area (Å²) in [6.07, 6.45) is 1.18. The van der Waals surface area contributed by atoms with Gasteiger partial charge in [0, 0.05) is 24.8 Å². The Kier molecular flexibility index (Phi) is 3.48. The molecule has 0 amide bonds. The van der Waals surface area contributed by atoms with Crippen LogP contribution in [0.5, 0.6) is 0 Å². The second-order valence-electron chi connectivity index (χ2n) is 3.45. The van der Waals surface area contributed by atoms with Crippen molar-refractivity contribution in [2.24, 2.45) is 7.05 Å². The van der Waals surface area contributed by atoms with E-state index in [-0.39, 0.29) is 0 Å². The zero-order valence-electron chi connectivity index (χ0n) is 9.02. The number of rotatable bonds is 4. The first-order valence-corrected chi connectivity index (χ1v) is 4.86. The van der Waals surface area contributed by atoms with Crippen molar-refractivity contribution in [1.29, 1.82) is 0 Å². The van der Waals surface area contributed by atoms with E-state index in [1.165, 1.54) is 17.7 Å². The van der Waals surface area contributed by atoms with Crippen LogP contribution in [-0.4, -0.2) is 16.3 Å². The molecule has 0 aliphatic carbocycles. The molecule has 1 heterocycles. The average Bonchev–Trinajstić information content (AvgIpc) is 2.32. The van der Waals surface area contributed by atoms with Crippen LogP contribution in [0.15, 0.2) is 0 Å². The highest BCUT2D eigenvalue weighted by atomic mass is 15.3. The van der Waals surface area contributed by atoms with Gasteiger partial charge in [0.25, 0.3) is 0 Å². The summed E-state index contributed by atoms with van der Waals surface area (Å²) in [6.45, 7) is 8.38. The van der Waals surface area contributed by atoms with Gasteiger partial charge in [-0.3, -0.25) is 4.68 Å². The average molecular weight is 181 g/mol. The van der Waals surface area contributed by atoms with Gasteiger partial charge in [-0.15, -0.1) is 0 Å². The van der Waals surface area contributed by atoms with Crippen LogP contribution in [0.1, 0.15) is 30.3 Å². The molecule has 0 aliphatic rings. The Morgan fingerprint density at radius 3 is 2.54 bits per heavy atom. The third-order valence-electron chi connectivity index (χ3n) is 2.39. The highest BCUT2D eigenvalue weighted by Gasteiger charge is 2.07. The van der Waals surface area contributed by atoms with Crippen LogP contribution < -0.4 is 5.32 Å². The molecular weight excluding hydrogens is 162 g/mol. The van der Waals surface area contributed by atoms with Crippen molar-refractivity contribution >= 4 is 0 Å². The lowest BCUT2D eigenvalue weighted by Gasteiger charge is -2.03. The molecule has 74 valence electrons. The van der Waals surface area contributed by atoms with Crippen molar-refractivity contribution in [2.45, 2.75) is 33.7 Å². The van der Waals surface area contributed by atoms with Crippen LogP contribution in [0.25, 0.3) is 0 Å². The van der Waals surface area contributed by atoms with Crippen molar-refractivity contribution in [2.75, 3.05) is 6.54 Å². The second kappa shape index (κ2) is 4.42. The predicted molar refractivity (Wildman–Crippen MR) is 54.7 cm³/mol. The summed E-state index contributed by atoms with van der Waals surface area (Å²) in [5.41, 5.74) is 3.75. The standard InChI is InChI=1S/C10H19N3/c1-5-6-11-7-10-8(2)12-13(4)9(10)3/h11H,5-7H2,1-4H3. The Morgan fingerprint density at radius 1 is 1.38 bits per heavy atom. The topological polar surface area (TPSA) is 29.9 Å². The smallest absolute Gasteiger partial charge is 0.0641 e. The predicted octanol–water partition coefficient (Wildman–Crippen LogP) is 1.54. The number of hydrogen-bond donors (Lipinski definition) is 1. The van der Waals surface area contributed by atoms with Crippen LogP contribution >= 0.6 is 0 Å². The molecule has 0 fully saturated rings. The van der Waals surface area contributed by atoms with E-state index < -0.39 is 0 Å². The van der Waals surface area contributed by atoms with Crippen LogP contribution in [0.4, 0.5) is 0 Å². The third-order valence-corrected chi connectivity index (χ3v) is 2.39. The highest BCUT2D eigenvalue weighted by Crippen LogP contribution is 2.10. The molecular formula is C10H19N3. The maximum atomic E-state index is 4.37. The first-order chi connectivity index (χ1) is 6.16. The minimum absolute atomic E-state index is 0.944. The fraction of sp³-hybridized carbons (Fsp3) is 0.700. The first kappa shape index (κ1) is 10.3. The molecule has 0 bridgehead atoms. The Bertz CT molecular complexity index is 276. The first-order valence-electron chi connectivity index (χ1n) is 4.86. The number of nitrogens with zero attached hydrogens (tertiary/aromatic N) is 2. The third kappa shape index (κ3) is 2.31. The molecule has 0 spiro atoms. The van der Waals surface area contributed by atoms with Gasteiger partial charge in [-0.1, -0.05) is 6.92 Å². The molecule has 0 atom stereocenters. The van der Waals surface area contributed by atoms with Gasteiger partial charge in [0.1, 0.15) is 0 Å².